The minimum absolute atomic E-state index is 0.432. The Balaban J connectivity index is 1.83. The summed E-state index contributed by atoms with van der Waals surface area (Å²) >= 11 is 0. The second-order valence-corrected chi connectivity index (χ2v) is 4.21. The Morgan fingerprint density at radius 2 is 2.00 bits per heavy atom. The number of rotatable bonds is 3. The minimum Gasteiger partial charge on any atom is -0.472 e. The Bertz CT molecular complexity index is 705. The molecule has 6 heteroatoms. The lowest BCUT2D eigenvalue weighted by Crippen LogP contribution is -1.99. The van der Waals surface area contributed by atoms with Crippen molar-refractivity contribution in [1.29, 1.82) is 0 Å². The van der Waals surface area contributed by atoms with E-state index in [1.165, 1.54) is 6.33 Å². The van der Waals surface area contributed by atoms with E-state index in [0.29, 0.717) is 12.5 Å². The number of anilines is 1. The number of aryl methyl sites for hydroxylation is 1. The van der Waals surface area contributed by atoms with Crippen LogP contribution in [0.3, 0.4) is 0 Å². The number of nitrogens with zero attached hydrogens (tertiary/aromatic N) is 4. The summed E-state index contributed by atoms with van der Waals surface area (Å²) in [6, 6.07) is 7.55. The standard InChI is InChI=1S/C13H13N5O/c1-18-12-11(6-17-18)13(16-8-15-12)19-7-9-2-4-10(14)5-3-9/h2-6,8H,7,14H2,1H3. The molecule has 3 rings (SSSR count). The SMILES string of the molecule is Cn1ncc2c(OCc3ccc(N)cc3)ncnc21. The largest absolute Gasteiger partial charge is 0.472 e. The van der Waals surface area contributed by atoms with Crippen LogP contribution in [-0.2, 0) is 13.7 Å². The Morgan fingerprint density at radius 1 is 1.21 bits per heavy atom. The van der Waals surface area contributed by atoms with Gasteiger partial charge in [-0.05, 0) is 17.7 Å². The average molecular weight is 255 g/mol. The van der Waals surface area contributed by atoms with Crippen molar-refractivity contribution >= 4 is 16.7 Å². The van der Waals surface area contributed by atoms with E-state index < -0.39 is 0 Å². The maximum atomic E-state index is 5.71. The van der Waals surface area contributed by atoms with Crippen LogP contribution in [0.2, 0.25) is 0 Å². The Kier molecular flexibility index (Phi) is 2.75. The molecule has 3 aromatic rings. The van der Waals surface area contributed by atoms with Gasteiger partial charge in [-0.3, -0.25) is 4.68 Å². The van der Waals surface area contributed by atoms with Gasteiger partial charge in [0.15, 0.2) is 5.65 Å². The molecule has 0 saturated carbocycles. The highest BCUT2D eigenvalue weighted by Crippen LogP contribution is 2.21. The molecule has 0 aliphatic heterocycles. The molecule has 0 amide bonds. The number of aromatic nitrogens is 4. The summed E-state index contributed by atoms with van der Waals surface area (Å²) in [7, 11) is 1.83. The second-order valence-electron chi connectivity index (χ2n) is 4.21. The van der Waals surface area contributed by atoms with E-state index in [1.807, 2.05) is 31.3 Å². The van der Waals surface area contributed by atoms with Crippen molar-refractivity contribution in [2.75, 3.05) is 5.73 Å². The molecule has 96 valence electrons. The monoisotopic (exact) mass is 255 g/mol. The highest BCUT2D eigenvalue weighted by Gasteiger charge is 2.08. The second kappa shape index (κ2) is 4.56. The topological polar surface area (TPSA) is 78.9 Å². The van der Waals surface area contributed by atoms with Gasteiger partial charge in [-0.2, -0.15) is 5.10 Å². The first-order valence-corrected chi connectivity index (χ1v) is 5.84. The van der Waals surface area contributed by atoms with Crippen LogP contribution in [0.1, 0.15) is 5.56 Å². The summed E-state index contributed by atoms with van der Waals surface area (Å²) in [4.78, 5) is 8.30. The fourth-order valence-corrected chi connectivity index (χ4v) is 1.82. The number of nitrogens with two attached hydrogens (primary N) is 1. The van der Waals surface area contributed by atoms with E-state index >= 15 is 0 Å². The van der Waals surface area contributed by atoms with Gasteiger partial charge in [0.2, 0.25) is 5.88 Å². The van der Waals surface area contributed by atoms with E-state index in [9.17, 15) is 0 Å². The molecular weight excluding hydrogens is 242 g/mol. The Hall–Kier alpha value is -2.63. The van der Waals surface area contributed by atoms with Gasteiger partial charge in [0.1, 0.15) is 18.3 Å². The lowest BCUT2D eigenvalue weighted by Gasteiger charge is -2.06. The summed E-state index contributed by atoms with van der Waals surface area (Å²) < 4.78 is 7.40. The summed E-state index contributed by atoms with van der Waals surface area (Å²) in [6.07, 6.45) is 3.18. The molecule has 0 fully saturated rings. The quantitative estimate of drug-likeness (QED) is 0.718. The first-order valence-electron chi connectivity index (χ1n) is 5.84. The molecular formula is C13H13N5O. The predicted molar refractivity (Wildman–Crippen MR) is 71.5 cm³/mol. The van der Waals surface area contributed by atoms with E-state index in [0.717, 1.165) is 22.3 Å². The van der Waals surface area contributed by atoms with Crippen molar-refractivity contribution in [2.45, 2.75) is 6.61 Å². The molecule has 6 nitrogen and oxygen atoms in total. The van der Waals surface area contributed by atoms with Gasteiger partial charge >= 0.3 is 0 Å². The van der Waals surface area contributed by atoms with Gasteiger partial charge in [0, 0.05) is 12.7 Å². The van der Waals surface area contributed by atoms with Crippen LogP contribution in [-0.4, -0.2) is 19.7 Å². The molecule has 2 aromatic heterocycles. The lowest BCUT2D eigenvalue weighted by molar-refractivity contribution is 0.297. The maximum absolute atomic E-state index is 5.71. The molecule has 19 heavy (non-hydrogen) atoms. The van der Waals surface area contributed by atoms with Crippen molar-refractivity contribution in [1.82, 2.24) is 19.7 Å². The first-order chi connectivity index (χ1) is 9.24. The van der Waals surface area contributed by atoms with Gasteiger partial charge in [0.25, 0.3) is 0 Å². The van der Waals surface area contributed by atoms with Crippen LogP contribution in [0, 0.1) is 0 Å². The third-order valence-corrected chi connectivity index (χ3v) is 2.85. The molecule has 0 unspecified atom stereocenters. The third-order valence-electron chi connectivity index (χ3n) is 2.85. The zero-order valence-corrected chi connectivity index (χ0v) is 10.4. The number of benzene rings is 1. The molecule has 0 saturated heterocycles. The van der Waals surface area contributed by atoms with Crippen molar-refractivity contribution in [3.63, 3.8) is 0 Å². The van der Waals surface area contributed by atoms with Crippen molar-refractivity contribution in [2.24, 2.45) is 7.05 Å². The fraction of sp³-hybridized carbons (Fsp3) is 0.154. The average Bonchev–Trinajstić information content (AvgIpc) is 2.81. The maximum Gasteiger partial charge on any atom is 0.228 e. The molecule has 0 aliphatic rings. The summed E-state index contributed by atoms with van der Waals surface area (Å²) in [5.41, 5.74) is 8.16. The molecule has 0 atom stereocenters. The van der Waals surface area contributed by atoms with E-state index in [-0.39, 0.29) is 0 Å². The van der Waals surface area contributed by atoms with Gasteiger partial charge < -0.3 is 10.5 Å². The number of fused-ring (bicyclic) bond motifs is 1. The Labute approximate surface area is 109 Å². The number of hydrogen-bond acceptors (Lipinski definition) is 5. The van der Waals surface area contributed by atoms with E-state index in [2.05, 4.69) is 15.1 Å². The lowest BCUT2D eigenvalue weighted by atomic mass is 10.2. The summed E-state index contributed by atoms with van der Waals surface area (Å²) in [5, 5.41) is 4.95. The highest BCUT2D eigenvalue weighted by atomic mass is 16.5. The molecule has 0 bridgehead atoms. The van der Waals surface area contributed by atoms with Gasteiger partial charge in [-0.15, -0.1) is 0 Å². The summed E-state index contributed by atoms with van der Waals surface area (Å²) in [6.45, 7) is 0.432. The normalized spacial score (nSPS) is 10.8. The van der Waals surface area contributed by atoms with Crippen LogP contribution in [0.15, 0.2) is 36.8 Å². The smallest absolute Gasteiger partial charge is 0.228 e. The molecule has 0 radical (unpaired) electrons. The molecule has 1 aromatic carbocycles. The van der Waals surface area contributed by atoms with Crippen LogP contribution < -0.4 is 10.5 Å². The number of ether oxygens (including phenoxy) is 1. The zero-order chi connectivity index (χ0) is 13.2. The first kappa shape index (κ1) is 11.5. The Morgan fingerprint density at radius 3 is 2.79 bits per heavy atom. The van der Waals surface area contributed by atoms with Crippen molar-refractivity contribution < 1.29 is 4.74 Å². The van der Waals surface area contributed by atoms with Crippen LogP contribution in [0.25, 0.3) is 11.0 Å². The van der Waals surface area contributed by atoms with Crippen LogP contribution in [0.5, 0.6) is 5.88 Å². The molecule has 2 N–H and O–H groups in total. The number of nitrogen functional groups attached to an aromatic ring is 1. The zero-order valence-electron chi connectivity index (χ0n) is 10.4. The number of hydrogen-bond donors (Lipinski definition) is 1. The summed E-state index contributed by atoms with van der Waals surface area (Å²) in [5.74, 6) is 0.537. The van der Waals surface area contributed by atoms with Gasteiger partial charge in [0.05, 0.1) is 6.20 Å². The van der Waals surface area contributed by atoms with Gasteiger partial charge in [-0.25, -0.2) is 9.97 Å². The highest BCUT2D eigenvalue weighted by molar-refractivity contribution is 5.79. The van der Waals surface area contributed by atoms with E-state index in [1.54, 1.807) is 10.9 Å². The van der Waals surface area contributed by atoms with E-state index in [4.69, 9.17) is 10.5 Å². The fourth-order valence-electron chi connectivity index (χ4n) is 1.82. The molecule has 0 aliphatic carbocycles. The third kappa shape index (κ3) is 2.20. The molecule has 0 spiro atoms. The van der Waals surface area contributed by atoms with Crippen molar-refractivity contribution in [3.8, 4) is 5.88 Å². The predicted octanol–water partition coefficient (Wildman–Crippen LogP) is 1.52. The minimum atomic E-state index is 0.432. The molecule has 2 heterocycles. The van der Waals surface area contributed by atoms with Crippen LogP contribution in [0.4, 0.5) is 5.69 Å². The van der Waals surface area contributed by atoms with Gasteiger partial charge in [-0.1, -0.05) is 12.1 Å². The van der Waals surface area contributed by atoms with Crippen molar-refractivity contribution in [3.05, 3.63) is 42.4 Å². The van der Waals surface area contributed by atoms with Crippen LogP contribution >= 0.6 is 0 Å².